The zero-order valence-electron chi connectivity index (χ0n) is 36.5. The molecule has 4 aliphatic rings. The predicted octanol–water partition coefficient (Wildman–Crippen LogP) is 7.92. The first-order valence-corrected chi connectivity index (χ1v) is 22.6. The summed E-state index contributed by atoms with van der Waals surface area (Å²) in [5, 5.41) is 19.4. The van der Waals surface area contributed by atoms with Gasteiger partial charge in [-0.2, -0.15) is 10.5 Å². The zero-order chi connectivity index (χ0) is 43.8. The molecule has 1 N–H and O–H groups in total. The molecule has 0 radical (unpaired) electrons. The number of nitrogens with zero attached hydrogens (tertiary/aromatic N) is 4. The normalized spacial score (nSPS) is 25.8. The number of phosphoric acid groups is 1. The number of rotatable bonds is 16. The van der Waals surface area contributed by atoms with Gasteiger partial charge in [0.05, 0.1) is 78.4 Å². The van der Waals surface area contributed by atoms with Gasteiger partial charge in [-0.05, 0) is 117 Å². The van der Waals surface area contributed by atoms with Crippen LogP contribution in [0, 0.1) is 34.5 Å². The van der Waals surface area contributed by atoms with Crippen LogP contribution in [0.1, 0.15) is 135 Å². The predicted molar refractivity (Wildman–Crippen MR) is 222 cm³/mol. The van der Waals surface area contributed by atoms with E-state index in [2.05, 4.69) is 12.1 Å². The third-order valence-electron chi connectivity index (χ3n) is 12.8. The number of benzene rings is 2. The Morgan fingerprint density at radius 1 is 0.867 bits per heavy atom. The maximum atomic E-state index is 13.3. The maximum Gasteiger partial charge on any atom is 0.472 e. The highest BCUT2D eigenvalue weighted by atomic mass is 31.2. The summed E-state index contributed by atoms with van der Waals surface area (Å²) in [6.45, 7) is 18.3. The molecule has 2 amide bonds. The second-order valence-electron chi connectivity index (χ2n) is 18.4. The Bertz CT molecular complexity index is 2080. The van der Waals surface area contributed by atoms with E-state index in [1.54, 1.807) is 44.2 Å². The standard InChI is InChI=1S/C45H61N4O10P/c1-10-45(9,41-40(49-21-12-14-37(49)51)33-26-31(28-47)16-18-35(33)58-44(41,7)8)55-22-19-42(3,4)59-60(52,53)56-24-23-54-29(2)38-39(48-20-11-13-36(48)50)32-25-30(27-46)15-17-34(32)57-43(38,5)6/h15-18,25-26,29,38-41H,10-14,19-24H2,1-9H3,(H,52,53). The van der Waals surface area contributed by atoms with E-state index in [1.165, 1.54) is 0 Å². The van der Waals surface area contributed by atoms with Gasteiger partial charge >= 0.3 is 7.82 Å². The molecule has 60 heavy (non-hydrogen) atoms. The molecule has 0 spiro atoms. The molecule has 4 aliphatic heterocycles. The van der Waals surface area contributed by atoms with Gasteiger partial charge in [-0.25, -0.2) is 4.57 Å². The lowest BCUT2D eigenvalue weighted by Gasteiger charge is -2.54. The number of hydrogen-bond acceptors (Lipinski definition) is 11. The van der Waals surface area contributed by atoms with Gasteiger partial charge in [0, 0.05) is 43.0 Å². The molecular weight excluding hydrogens is 787 g/mol. The Balaban J connectivity index is 1.08. The number of phosphoric ester groups is 1. The zero-order valence-corrected chi connectivity index (χ0v) is 37.4. The summed E-state index contributed by atoms with van der Waals surface area (Å²) in [6.07, 6.45) is 2.72. The van der Waals surface area contributed by atoms with E-state index in [4.69, 9.17) is 28.0 Å². The quantitative estimate of drug-likeness (QED) is 0.128. The van der Waals surface area contributed by atoms with Crippen molar-refractivity contribution in [1.82, 2.24) is 9.80 Å². The number of hydrogen-bond donors (Lipinski definition) is 1. The Morgan fingerprint density at radius 2 is 1.40 bits per heavy atom. The first-order chi connectivity index (χ1) is 28.2. The summed E-state index contributed by atoms with van der Waals surface area (Å²) < 4.78 is 50.5. The van der Waals surface area contributed by atoms with E-state index in [0.717, 1.165) is 24.0 Å². The van der Waals surface area contributed by atoms with E-state index in [-0.39, 0.29) is 49.9 Å². The Labute approximate surface area is 354 Å². The van der Waals surface area contributed by atoms with Crippen LogP contribution >= 0.6 is 7.82 Å². The van der Waals surface area contributed by atoms with Gasteiger partial charge in [0.15, 0.2) is 0 Å². The van der Waals surface area contributed by atoms with Crippen LogP contribution in [0.4, 0.5) is 0 Å². The lowest BCUT2D eigenvalue weighted by Crippen LogP contribution is -2.59. The number of nitriles is 2. The molecule has 326 valence electrons. The van der Waals surface area contributed by atoms with Crippen LogP contribution in [0.25, 0.3) is 0 Å². The molecule has 0 aliphatic carbocycles. The minimum absolute atomic E-state index is 0.0349. The number of fused-ring (bicyclic) bond motifs is 2. The van der Waals surface area contributed by atoms with Gasteiger partial charge < -0.3 is 33.6 Å². The van der Waals surface area contributed by atoms with Crippen LogP contribution in [0.3, 0.4) is 0 Å². The van der Waals surface area contributed by atoms with Crippen molar-refractivity contribution in [2.24, 2.45) is 11.8 Å². The molecule has 0 bridgehead atoms. The minimum Gasteiger partial charge on any atom is -0.487 e. The fraction of sp³-hybridized carbons (Fsp3) is 0.644. The number of carbonyl (C=O) groups excluding carboxylic acids is 2. The van der Waals surface area contributed by atoms with Crippen LogP contribution in [-0.2, 0) is 32.7 Å². The molecule has 15 heteroatoms. The monoisotopic (exact) mass is 848 g/mol. The van der Waals surface area contributed by atoms with Gasteiger partial charge in [-0.15, -0.1) is 0 Å². The highest BCUT2D eigenvalue weighted by molar-refractivity contribution is 7.47. The Morgan fingerprint density at radius 3 is 1.92 bits per heavy atom. The van der Waals surface area contributed by atoms with Crippen molar-refractivity contribution in [3.8, 4) is 23.6 Å². The summed E-state index contributed by atoms with van der Waals surface area (Å²) in [7, 11) is -4.57. The average molecular weight is 849 g/mol. The summed E-state index contributed by atoms with van der Waals surface area (Å²) >= 11 is 0. The minimum atomic E-state index is -4.57. The van der Waals surface area contributed by atoms with Crippen molar-refractivity contribution in [3.63, 3.8) is 0 Å². The second kappa shape index (κ2) is 17.4. The average Bonchev–Trinajstić information content (AvgIpc) is 3.80. The van der Waals surface area contributed by atoms with E-state index < -0.39 is 48.4 Å². The van der Waals surface area contributed by atoms with Gasteiger partial charge in [0.2, 0.25) is 11.8 Å². The van der Waals surface area contributed by atoms with Gasteiger partial charge in [0.25, 0.3) is 0 Å². The highest BCUT2D eigenvalue weighted by Gasteiger charge is 2.56. The second-order valence-corrected chi connectivity index (χ2v) is 19.8. The van der Waals surface area contributed by atoms with Crippen molar-refractivity contribution in [2.75, 3.05) is 32.9 Å². The number of likely N-dealkylation sites (tertiary alicyclic amines) is 2. The molecule has 7 atom stereocenters. The van der Waals surface area contributed by atoms with E-state index in [9.17, 15) is 29.6 Å². The molecule has 6 rings (SSSR count). The van der Waals surface area contributed by atoms with Crippen molar-refractivity contribution >= 4 is 19.6 Å². The van der Waals surface area contributed by atoms with E-state index >= 15 is 0 Å². The summed E-state index contributed by atoms with van der Waals surface area (Å²) in [4.78, 5) is 41.1. The maximum absolute atomic E-state index is 13.3. The summed E-state index contributed by atoms with van der Waals surface area (Å²) in [5.74, 6) is 0.677. The highest BCUT2D eigenvalue weighted by Crippen LogP contribution is 2.55. The van der Waals surface area contributed by atoms with Crippen molar-refractivity contribution in [1.29, 1.82) is 10.5 Å². The first kappa shape index (κ1) is 45.5. The SMILES string of the molecule is CCC(C)(OCCC(C)(C)OP(=O)(O)OCCOC(C)C1C(N2CCCC2=O)c2cc(C#N)ccc2OC1(C)C)C1C(N2CCCC2=O)c2cc(C#N)ccc2OC1(C)C. The Hall–Kier alpha value is -4.01. The molecule has 2 fully saturated rings. The number of carbonyl (C=O) groups is 2. The molecule has 2 aromatic carbocycles. The lowest BCUT2D eigenvalue weighted by molar-refractivity contribution is -0.173. The molecule has 7 unspecified atom stereocenters. The summed E-state index contributed by atoms with van der Waals surface area (Å²) in [5.41, 5.74) is -0.991. The van der Waals surface area contributed by atoms with Crippen molar-refractivity contribution < 1.29 is 47.0 Å². The van der Waals surface area contributed by atoms with E-state index in [1.807, 2.05) is 64.3 Å². The molecule has 2 aromatic rings. The largest absolute Gasteiger partial charge is 0.487 e. The number of amides is 2. The smallest absolute Gasteiger partial charge is 0.472 e. The molecule has 14 nitrogen and oxygen atoms in total. The van der Waals surface area contributed by atoms with Gasteiger partial charge in [0.1, 0.15) is 22.7 Å². The van der Waals surface area contributed by atoms with Gasteiger partial charge in [-0.3, -0.25) is 18.6 Å². The molecule has 0 saturated carbocycles. The van der Waals surface area contributed by atoms with Gasteiger partial charge in [-0.1, -0.05) is 6.92 Å². The van der Waals surface area contributed by atoms with Crippen LogP contribution in [0.5, 0.6) is 11.5 Å². The molecule has 0 aromatic heterocycles. The van der Waals surface area contributed by atoms with Crippen molar-refractivity contribution in [2.45, 2.75) is 141 Å². The lowest BCUT2D eigenvalue weighted by atomic mass is 9.67. The fourth-order valence-electron chi connectivity index (χ4n) is 10.1. The van der Waals surface area contributed by atoms with Crippen LogP contribution in [0.2, 0.25) is 0 Å². The first-order valence-electron chi connectivity index (χ1n) is 21.1. The van der Waals surface area contributed by atoms with Crippen LogP contribution in [0.15, 0.2) is 36.4 Å². The molecule has 2 saturated heterocycles. The van der Waals surface area contributed by atoms with Crippen molar-refractivity contribution in [3.05, 3.63) is 58.7 Å². The Kier molecular flexibility index (Phi) is 13.2. The molecular formula is C45H61N4O10P. The van der Waals surface area contributed by atoms with Crippen LogP contribution in [-0.4, -0.2) is 87.9 Å². The number of ether oxygens (including phenoxy) is 4. The topological polar surface area (TPSA) is 181 Å². The fourth-order valence-corrected chi connectivity index (χ4v) is 11.1. The summed E-state index contributed by atoms with van der Waals surface area (Å²) in [6, 6.07) is 14.2. The molecule has 4 heterocycles. The van der Waals surface area contributed by atoms with E-state index in [0.29, 0.717) is 55.0 Å². The third-order valence-corrected chi connectivity index (χ3v) is 14.1. The van der Waals surface area contributed by atoms with Crippen LogP contribution < -0.4 is 9.47 Å². The third kappa shape index (κ3) is 9.40.